The summed E-state index contributed by atoms with van der Waals surface area (Å²) in [6.45, 7) is 5.91. The number of aromatic nitrogens is 1. The number of piperidine rings is 1. The molecule has 1 saturated heterocycles. The highest BCUT2D eigenvalue weighted by Crippen LogP contribution is 2.50. The van der Waals surface area contributed by atoms with Gasteiger partial charge in [-0.1, -0.05) is 18.2 Å². The van der Waals surface area contributed by atoms with E-state index in [4.69, 9.17) is 14.2 Å². The van der Waals surface area contributed by atoms with Crippen LogP contribution in [0.4, 0.5) is 5.69 Å². The molecule has 2 aromatic carbocycles. The van der Waals surface area contributed by atoms with Gasteiger partial charge in [-0.25, -0.2) is 4.57 Å². The molecule has 1 unspecified atom stereocenters. The van der Waals surface area contributed by atoms with Crippen LogP contribution in [0.2, 0.25) is 0 Å². The monoisotopic (exact) mass is 591 g/mol. The van der Waals surface area contributed by atoms with Gasteiger partial charge in [0.05, 0.1) is 12.0 Å². The number of nitrogens with zero attached hydrogens (tertiary/aromatic N) is 1. The van der Waals surface area contributed by atoms with E-state index >= 15 is 0 Å². The van der Waals surface area contributed by atoms with Crippen molar-refractivity contribution in [3.8, 4) is 0 Å². The standard InChI is InChI=1S/C32H38N3O6P/c1-21-6-9-25(28(18-21)35-15-4-3-5-16-35)30(29-11-7-22(2)41-29)34-31(36)32(13-14-32)24-8-10-27-26(19-24)23(20-33-27)12-17-40-42(37,38)39/h6-11,18-20,30,33H,3-5,12-17H2,1-2H3,(H,34,36)(H2,37,38,39). The van der Waals surface area contributed by atoms with Crippen LogP contribution in [0.15, 0.2) is 59.1 Å². The van der Waals surface area contributed by atoms with Crippen molar-refractivity contribution in [2.24, 2.45) is 0 Å². The van der Waals surface area contributed by atoms with Crippen molar-refractivity contribution in [1.82, 2.24) is 10.3 Å². The summed E-state index contributed by atoms with van der Waals surface area (Å²) in [7, 11) is -4.54. The fourth-order valence-electron chi connectivity index (χ4n) is 6.22. The lowest BCUT2D eigenvalue weighted by atomic mass is 9.91. The van der Waals surface area contributed by atoms with E-state index < -0.39 is 19.3 Å². The van der Waals surface area contributed by atoms with Crippen molar-refractivity contribution in [2.45, 2.75) is 63.8 Å². The zero-order valence-electron chi connectivity index (χ0n) is 24.1. The van der Waals surface area contributed by atoms with E-state index in [1.165, 1.54) is 12.0 Å². The molecule has 4 N–H and O–H groups in total. The summed E-state index contributed by atoms with van der Waals surface area (Å²) < 4.78 is 21.9. The number of phosphoric acid groups is 1. The lowest BCUT2D eigenvalue weighted by molar-refractivity contribution is -0.124. The number of hydrogen-bond donors (Lipinski definition) is 4. The highest BCUT2D eigenvalue weighted by atomic mass is 31.2. The SMILES string of the molecule is Cc1ccc(C(NC(=O)C2(c3ccc4[nH]cc(CCOP(=O)(O)O)c4c3)CC2)c2ccc(C)o2)c(N2CCCCC2)c1. The van der Waals surface area contributed by atoms with Crippen LogP contribution in [-0.2, 0) is 25.7 Å². The van der Waals surface area contributed by atoms with E-state index in [0.717, 1.165) is 77.8 Å². The number of phosphoric ester groups is 1. The fourth-order valence-corrected chi connectivity index (χ4v) is 6.54. The molecule has 3 heterocycles. The summed E-state index contributed by atoms with van der Waals surface area (Å²) in [4.78, 5) is 38.0. The van der Waals surface area contributed by atoms with Gasteiger partial charge in [0.25, 0.3) is 0 Å². The van der Waals surface area contributed by atoms with Gasteiger partial charge in [0.1, 0.15) is 17.6 Å². The van der Waals surface area contributed by atoms with Gasteiger partial charge >= 0.3 is 7.82 Å². The quantitative estimate of drug-likeness (QED) is 0.168. The Bertz CT molecular complexity index is 1640. The van der Waals surface area contributed by atoms with Gasteiger partial charge in [-0.05, 0) is 99.4 Å². The molecule has 0 spiro atoms. The molecule has 6 rings (SSSR count). The summed E-state index contributed by atoms with van der Waals surface area (Å²) in [5.74, 6) is 1.48. The highest BCUT2D eigenvalue weighted by molar-refractivity contribution is 7.46. The molecule has 1 atom stereocenters. The van der Waals surface area contributed by atoms with Crippen LogP contribution in [0, 0.1) is 13.8 Å². The predicted molar refractivity (Wildman–Crippen MR) is 162 cm³/mol. The molecule has 1 amide bonds. The van der Waals surface area contributed by atoms with Gasteiger partial charge < -0.3 is 29.4 Å². The molecule has 1 saturated carbocycles. The van der Waals surface area contributed by atoms with Crippen molar-refractivity contribution in [3.63, 3.8) is 0 Å². The first kappa shape index (κ1) is 28.7. The Hall–Kier alpha value is -3.36. The van der Waals surface area contributed by atoms with E-state index in [-0.39, 0.29) is 12.5 Å². The van der Waals surface area contributed by atoms with Crippen LogP contribution in [0.5, 0.6) is 0 Å². The minimum Gasteiger partial charge on any atom is -0.464 e. The third kappa shape index (κ3) is 5.92. The molecule has 2 aliphatic rings. The van der Waals surface area contributed by atoms with E-state index in [1.54, 1.807) is 0 Å². The average molecular weight is 592 g/mol. The summed E-state index contributed by atoms with van der Waals surface area (Å²) in [5, 5.41) is 4.32. The minimum atomic E-state index is -4.54. The lowest BCUT2D eigenvalue weighted by Gasteiger charge is -2.33. The fraction of sp³-hybridized carbons (Fsp3) is 0.406. The summed E-state index contributed by atoms with van der Waals surface area (Å²) in [6.07, 6.45) is 7.18. The number of carbonyl (C=O) groups is 1. The van der Waals surface area contributed by atoms with Gasteiger partial charge in [0.15, 0.2) is 0 Å². The van der Waals surface area contributed by atoms with E-state index in [0.29, 0.717) is 12.2 Å². The van der Waals surface area contributed by atoms with Crippen LogP contribution in [0.25, 0.3) is 10.9 Å². The molecule has 0 bridgehead atoms. The number of H-pyrrole nitrogens is 1. The number of rotatable bonds is 10. The molecule has 10 heteroatoms. The Labute approximate surface area is 245 Å². The Kier molecular flexibility index (Phi) is 7.79. The van der Waals surface area contributed by atoms with E-state index in [9.17, 15) is 9.36 Å². The molecule has 9 nitrogen and oxygen atoms in total. The van der Waals surface area contributed by atoms with Crippen molar-refractivity contribution in [3.05, 3.63) is 88.5 Å². The molecule has 1 aliphatic carbocycles. The third-order valence-corrected chi connectivity index (χ3v) is 9.17. The maximum absolute atomic E-state index is 14.2. The number of amides is 1. The third-order valence-electron chi connectivity index (χ3n) is 8.65. The molecular formula is C32H38N3O6P. The molecule has 42 heavy (non-hydrogen) atoms. The summed E-state index contributed by atoms with van der Waals surface area (Å²) >= 11 is 0. The van der Waals surface area contributed by atoms with Crippen molar-refractivity contribution in [2.75, 3.05) is 24.6 Å². The van der Waals surface area contributed by atoms with Gasteiger partial charge in [0, 0.05) is 41.4 Å². The van der Waals surface area contributed by atoms with Crippen LogP contribution in [0.3, 0.4) is 0 Å². The average Bonchev–Trinajstić information content (AvgIpc) is 3.52. The van der Waals surface area contributed by atoms with Gasteiger partial charge in [0.2, 0.25) is 5.91 Å². The number of benzene rings is 2. The molecule has 2 fully saturated rings. The van der Waals surface area contributed by atoms with Gasteiger partial charge in [-0.2, -0.15) is 0 Å². The zero-order chi connectivity index (χ0) is 29.5. The van der Waals surface area contributed by atoms with Gasteiger partial charge in [-0.3, -0.25) is 9.32 Å². The molecule has 4 aromatic rings. The Morgan fingerprint density at radius 3 is 2.57 bits per heavy atom. The second-order valence-corrected chi connectivity index (χ2v) is 12.9. The van der Waals surface area contributed by atoms with Gasteiger partial charge in [-0.15, -0.1) is 0 Å². The smallest absolute Gasteiger partial charge is 0.464 e. The number of furan rings is 1. The first-order valence-corrected chi connectivity index (χ1v) is 16.2. The zero-order valence-corrected chi connectivity index (χ0v) is 25.0. The molecule has 1 aliphatic heterocycles. The number of aryl methyl sites for hydroxylation is 2. The van der Waals surface area contributed by atoms with Crippen molar-refractivity contribution in [1.29, 1.82) is 0 Å². The number of aromatic amines is 1. The molecule has 0 radical (unpaired) electrons. The normalized spacial score (nSPS) is 17.4. The van der Waals surface area contributed by atoms with E-state index in [2.05, 4.69) is 44.8 Å². The summed E-state index contributed by atoms with van der Waals surface area (Å²) in [5.41, 5.74) is 5.42. The first-order chi connectivity index (χ1) is 20.1. The van der Waals surface area contributed by atoms with E-state index in [1.807, 2.05) is 43.5 Å². The predicted octanol–water partition coefficient (Wildman–Crippen LogP) is 5.96. The first-order valence-electron chi connectivity index (χ1n) is 14.7. The van der Waals surface area contributed by atoms with Crippen LogP contribution >= 0.6 is 7.82 Å². The Morgan fingerprint density at radius 1 is 1.10 bits per heavy atom. The lowest BCUT2D eigenvalue weighted by Crippen LogP contribution is -2.39. The molecular weight excluding hydrogens is 553 g/mol. The van der Waals surface area contributed by atoms with Crippen LogP contribution in [-0.4, -0.2) is 40.4 Å². The summed E-state index contributed by atoms with van der Waals surface area (Å²) in [6, 6.07) is 15.9. The maximum atomic E-state index is 14.2. The second-order valence-electron chi connectivity index (χ2n) is 11.7. The van der Waals surface area contributed by atoms with Crippen molar-refractivity contribution < 1.29 is 28.1 Å². The number of anilines is 1. The second kappa shape index (κ2) is 11.4. The molecule has 222 valence electrons. The Balaban J connectivity index is 1.31. The van der Waals surface area contributed by atoms with Crippen LogP contribution < -0.4 is 10.2 Å². The highest BCUT2D eigenvalue weighted by Gasteiger charge is 2.52. The minimum absolute atomic E-state index is 0.0343. The maximum Gasteiger partial charge on any atom is 0.469 e. The van der Waals surface area contributed by atoms with Crippen LogP contribution in [0.1, 0.15) is 71.9 Å². The largest absolute Gasteiger partial charge is 0.469 e. The van der Waals surface area contributed by atoms with Crippen molar-refractivity contribution >= 4 is 30.3 Å². The number of carbonyl (C=O) groups excluding carboxylic acids is 1. The number of hydrogen-bond acceptors (Lipinski definition) is 5. The number of nitrogens with one attached hydrogen (secondary N) is 2. The Morgan fingerprint density at radius 2 is 1.88 bits per heavy atom. The molecule has 2 aromatic heterocycles. The topological polar surface area (TPSA) is 128 Å². The number of fused-ring (bicyclic) bond motifs is 1.